The molecule has 2 rings (SSSR count). The first-order valence-electron chi connectivity index (χ1n) is 6.50. The molecule has 0 bridgehead atoms. The number of likely N-dealkylation sites (tertiary alicyclic amines) is 1. The highest BCUT2D eigenvalue weighted by molar-refractivity contribution is 6.01. The van der Waals surface area contributed by atoms with Gasteiger partial charge in [-0.15, -0.1) is 12.4 Å². The van der Waals surface area contributed by atoms with Crippen LogP contribution in [0.3, 0.4) is 0 Å². The van der Waals surface area contributed by atoms with Gasteiger partial charge in [0.15, 0.2) is 0 Å². The van der Waals surface area contributed by atoms with Crippen molar-refractivity contribution >= 4 is 30.1 Å². The Labute approximate surface area is 118 Å². The van der Waals surface area contributed by atoms with Crippen LogP contribution in [0.1, 0.15) is 32.1 Å². The highest BCUT2D eigenvalue weighted by atomic mass is 35.5. The van der Waals surface area contributed by atoms with Crippen molar-refractivity contribution in [2.75, 3.05) is 19.6 Å². The molecule has 2 aliphatic heterocycles. The Balaban J connectivity index is 0.00000180. The molecule has 0 radical (unpaired) electrons. The van der Waals surface area contributed by atoms with E-state index >= 15 is 0 Å². The Bertz CT molecular complexity index is 340. The maximum absolute atomic E-state index is 11.6. The zero-order chi connectivity index (χ0) is 13.0. The molecule has 0 aromatic carbocycles. The minimum atomic E-state index is -0.133. The quantitative estimate of drug-likeness (QED) is 0.688. The lowest BCUT2D eigenvalue weighted by molar-refractivity contribution is -0.138. The fourth-order valence-electron chi connectivity index (χ4n) is 2.41. The topological polar surface area (TPSA) is 78.5 Å². The van der Waals surface area contributed by atoms with Gasteiger partial charge in [-0.25, -0.2) is 0 Å². The molecule has 2 fully saturated rings. The largest absolute Gasteiger partial charge is 0.354 e. The molecule has 0 aliphatic carbocycles. The molecule has 2 saturated heterocycles. The van der Waals surface area contributed by atoms with E-state index in [1.807, 2.05) is 0 Å². The van der Waals surface area contributed by atoms with Crippen LogP contribution < -0.4 is 10.6 Å². The molecule has 2 N–H and O–H groups in total. The number of hydrogen-bond acceptors (Lipinski definition) is 4. The number of nitrogens with zero attached hydrogens (tertiary/aromatic N) is 1. The monoisotopic (exact) mass is 289 g/mol. The van der Waals surface area contributed by atoms with Crippen LogP contribution in [0, 0.1) is 0 Å². The van der Waals surface area contributed by atoms with Gasteiger partial charge in [0.2, 0.25) is 17.7 Å². The second-order valence-electron chi connectivity index (χ2n) is 4.79. The lowest BCUT2D eigenvalue weighted by Crippen LogP contribution is -2.39. The first-order valence-corrected chi connectivity index (χ1v) is 6.50. The zero-order valence-corrected chi connectivity index (χ0v) is 11.6. The van der Waals surface area contributed by atoms with Crippen LogP contribution in [-0.2, 0) is 14.4 Å². The van der Waals surface area contributed by atoms with Crippen LogP contribution in [0.25, 0.3) is 0 Å². The minimum absolute atomic E-state index is 0. The smallest absolute Gasteiger partial charge is 0.229 e. The Morgan fingerprint density at radius 1 is 1.32 bits per heavy atom. The van der Waals surface area contributed by atoms with Crippen molar-refractivity contribution in [3.8, 4) is 0 Å². The fraction of sp³-hybridized carbons (Fsp3) is 0.750. The molecule has 0 saturated carbocycles. The van der Waals surface area contributed by atoms with Gasteiger partial charge in [0, 0.05) is 38.4 Å². The summed E-state index contributed by atoms with van der Waals surface area (Å²) < 4.78 is 0. The van der Waals surface area contributed by atoms with Crippen LogP contribution in [0.2, 0.25) is 0 Å². The summed E-state index contributed by atoms with van der Waals surface area (Å²) in [7, 11) is 0. The SMILES string of the molecule is Cl.O=C(CC1CCCN1)NCCN1C(=O)CCC1=O. The van der Waals surface area contributed by atoms with Crippen molar-refractivity contribution in [2.24, 2.45) is 0 Å². The summed E-state index contributed by atoms with van der Waals surface area (Å²) >= 11 is 0. The molecule has 1 unspecified atom stereocenters. The third kappa shape index (κ3) is 4.47. The van der Waals surface area contributed by atoms with Crippen molar-refractivity contribution in [1.29, 1.82) is 0 Å². The summed E-state index contributed by atoms with van der Waals surface area (Å²) in [4.78, 5) is 35.5. The number of imide groups is 1. The second kappa shape index (κ2) is 7.45. The first-order chi connectivity index (χ1) is 8.66. The van der Waals surface area contributed by atoms with E-state index in [1.54, 1.807) is 0 Å². The number of halogens is 1. The number of carbonyl (C=O) groups excluding carboxylic acids is 3. The number of amides is 3. The van der Waals surface area contributed by atoms with E-state index in [0.717, 1.165) is 19.4 Å². The fourth-order valence-corrected chi connectivity index (χ4v) is 2.41. The maximum atomic E-state index is 11.6. The van der Waals surface area contributed by atoms with E-state index in [0.29, 0.717) is 32.4 Å². The third-order valence-electron chi connectivity index (χ3n) is 3.41. The second-order valence-corrected chi connectivity index (χ2v) is 4.79. The maximum Gasteiger partial charge on any atom is 0.229 e. The van der Waals surface area contributed by atoms with Gasteiger partial charge in [-0.1, -0.05) is 0 Å². The summed E-state index contributed by atoms with van der Waals surface area (Å²) in [6.07, 6.45) is 3.24. The third-order valence-corrected chi connectivity index (χ3v) is 3.41. The molecule has 1 atom stereocenters. The predicted molar refractivity (Wildman–Crippen MR) is 71.9 cm³/mol. The normalized spacial score (nSPS) is 22.5. The number of carbonyl (C=O) groups is 3. The first kappa shape index (κ1) is 15.9. The van der Waals surface area contributed by atoms with Crippen molar-refractivity contribution in [3.63, 3.8) is 0 Å². The Morgan fingerprint density at radius 2 is 2.00 bits per heavy atom. The average molecular weight is 290 g/mol. The van der Waals surface area contributed by atoms with Crippen molar-refractivity contribution in [1.82, 2.24) is 15.5 Å². The molecule has 108 valence electrons. The summed E-state index contributed by atoms with van der Waals surface area (Å²) in [5.41, 5.74) is 0. The Morgan fingerprint density at radius 3 is 2.58 bits per heavy atom. The molecule has 2 aliphatic rings. The van der Waals surface area contributed by atoms with E-state index in [1.165, 1.54) is 4.90 Å². The van der Waals surface area contributed by atoms with E-state index in [-0.39, 0.29) is 36.2 Å². The molecule has 0 aromatic rings. The van der Waals surface area contributed by atoms with Gasteiger partial charge in [-0.05, 0) is 19.4 Å². The molecular weight excluding hydrogens is 270 g/mol. The van der Waals surface area contributed by atoms with Crippen molar-refractivity contribution in [2.45, 2.75) is 38.1 Å². The van der Waals surface area contributed by atoms with Gasteiger partial charge in [-0.2, -0.15) is 0 Å². The number of nitrogens with one attached hydrogen (secondary N) is 2. The molecule has 2 heterocycles. The van der Waals surface area contributed by atoms with E-state index in [4.69, 9.17) is 0 Å². The van der Waals surface area contributed by atoms with Crippen molar-refractivity contribution < 1.29 is 14.4 Å². The average Bonchev–Trinajstić information content (AvgIpc) is 2.93. The van der Waals surface area contributed by atoms with Crippen LogP contribution in [-0.4, -0.2) is 48.3 Å². The molecule has 0 aromatic heterocycles. The van der Waals surface area contributed by atoms with Crippen LogP contribution in [0.4, 0.5) is 0 Å². The van der Waals surface area contributed by atoms with Gasteiger partial charge in [0.1, 0.15) is 0 Å². The molecule has 6 nitrogen and oxygen atoms in total. The van der Waals surface area contributed by atoms with E-state index < -0.39 is 0 Å². The molecule has 19 heavy (non-hydrogen) atoms. The predicted octanol–water partition coefficient (Wildman–Crippen LogP) is -0.184. The van der Waals surface area contributed by atoms with Gasteiger partial charge in [-0.3, -0.25) is 19.3 Å². The summed E-state index contributed by atoms with van der Waals surface area (Å²) in [6.45, 7) is 1.62. The molecule has 7 heteroatoms. The zero-order valence-electron chi connectivity index (χ0n) is 10.8. The van der Waals surface area contributed by atoms with E-state index in [2.05, 4.69) is 10.6 Å². The lowest BCUT2D eigenvalue weighted by Gasteiger charge is -2.15. The number of hydrogen-bond donors (Lipinski definition) is 2. The van der Waals surface area contributed by atoms with Gasteiger partial charge < -0.3 is 10.6 Å². The summed E-state index contributed by atoms with van der Waals surface area (Å²) in [5, 5.41) is 6.01. The molecule has 0 spiro atoms. The Kier molecular flexibility index (Phi) is 6.24. The van der Waals surface area contributed by atoms with Crippen LogP contribution >= 0.6 is 12.4 Å². The Hall–Kier alpha value is -1.14. The highest BCUT2D eigenvalue weighted by Crippen LogP contribution is 2.10. The summed E-state index contributed by atoms with van der Waals surface area (Å²) in [6, 6.07) is 0.278. The van der Waals surface area contributed by atoms with Crippen molar-refractivity contribution in [3.05, 3.63) is 0 Å². The van der Waals surface area contributed by atoms with Gasteiger partial charge in [0.05, 0.1) is 0 Å². The standard InChI is InChI=1S/C12H19N3O3.ClH/c16-10(8-9-2-1-5-13-9)14-6-7-15-11(17)3-4-12(15)18;/h9,13H,1-8H2,(H,14,16);1H. The summed E-state index contributed by atoms with van der Waals surface area (Å²) in [5.74, 6) is -0.285. The van der Waals surface area contributed by atoms with Crippen LogP contribution in [0.5, 0.6) is 0 Å². The van der Waals surface area contributed by atoms with Gasteiger partial charge in [0.25, 0.3) is 0 Å². The highest BCUT2D eigenvalue weighted by Gasteiger charge is 2.28. The minimum Gasteiger partial charge on any atom is -0.354 e. The molecule has 3 amide bonds. The molecular formula is C12H20ClN3O3. The van der Waals surface area contributed by atoms with E-state index in [9.17, 15) is 14.4 Å². The van der Waals surface area contributed by atoms with Crippen LogP contribution in [0.15, 0.2) is 0 Å². The lowest BCUT2D eigenvalue weighted by atomic mass is 10.1. The van der Waals surface area contributed by atoms with Gasteiger partial charge >= 0.3 is 0 Å². The number of rotatable bonds is 5.